The molecule has 15 heteroatoms. The molecule has 0 unspecified atom stereocenters. The molecule has 0 saturated carbocycles. The van der Waals surface area contributed by atoms with Gasteiger partial charge in [-0.15, -0.1) is 0 Å². The molecule has 10 nitrogen and oxygen atoms in total. The number of hydrogen-bond donors (Lipinski definition) is 4. The molecular weight excluding hydrogens is 524 g/mol. The lowest BCUT2D eigenvalue weighted by Gasteiger charge is -2.31. The van der Waals surface area contributed by atoms with Crippen molar-refractivity contribution < 1.29 is 45.4 Å². The van der Waals surface area contributed by atoms with E-state index in [1.165, 1.54) is 31.4 Å². The lowest BCUT2D eigenvalue weighted by atomic mass is 10.1. The average Bonchev–Trinajstić information content (AvgIpc) is 2.84. The van der Waals surface area contributed by atoms with E-state index in [1.807, 2.05) is 4.90 Å². The van der Waals surface area contributed by atoms with Crippen LogP contribution < -0.4 is 20.3 Å². The van der Waals surface area contributed by atoms with Crippen molar-refractivity contribution in [1.82, 2.24) is 10.6 Å². The lowest BCUT2D eigenvalue weighted by Crippen LogP contribution is -2.43. The molecule has 0 aliphatic carbocycles. The molecule has 37 heavy (non-hydrogen) atoms. The van der Waals surface area contributed by atoms with Crippen LogP contribution in [0.15, 0.2) is 47.4 Å². The molecule has 1 heterocycles. The molecule has 0 aromatic heterocycles. The Morgan fingerprint density at radius 3 is 2.32 bits per heavy atom. The van der Waals surface area contributed by atoms with Gasteiger partial charge in [0.05, 0.1) is 18.0 Å². The number of carboxylic acid groups (broad SMARTS) is 1. The van der Waals surface area contributed by atoms with Crippen LogP contribution in [0.1, 0.15) is 10.4 Å². The summed E-state index contributed by atoms with van der Waals surface area (Å²) in [6.45, 7) is 3.53. The minimum atomic E-state index is -5.08. The Labute approximate surface area is 210 Å². The van der Waals surface area contributed by atoms with Crippen molar-refractivity contribution in [3.8, 4) is 0 Å². The first kappa shape index (κ1) is 29.8. The van der Waals surface area contributed by atoms with Crippen molar-refractivity contribution >= 4 is 33.3 Å². The van der Waals surface area contributed by atoms with Gasteiger partial charge < -0.3 is 25.4 Å². The third kappa shape index (κ3) is 8.87. The number of carbonyl (C=O) groups excluding carboxylic acids is 1. The van der Waals surface area contributed by atoms with Crippen LogP contribution in [0.3, 0.4) is 0 Å². The second-order valence-electron chi connectivity index (χ2n) is 7.56. The first-order chi connectivity index (χ1) is 17.4. The molecule has 3 rings (SSSR count). The van der Waals surface area contributed by atoms with E-state index in [-0.39, 0.29) is 17.2 Å². The van der Waals surface area contributed by atoms with Gasteiger partial charge in [-0.25, -0.2) is 17.6 Å². The monoisotopic (exact) mass is 550 g/mol. The first-order valence-electron chi connectivity index (χ1n) is 10.8. The van der Waals surface area contributed by atoms with Gasteiger partial charge >= 0.3 is 12.1 Å². The summed E-state index contributed by atoms with van der Waals surface area (Å²) in [7, 11) is -2.66. The van der Waals surface area contributed by atoms with E-state index in [0.717, 1.165) is 19.2 Å². The van der Waals surface area contributed by atoms with Gasteiger partial charge in [-0.3, -0.25) is 9.52 Å². The summed E-state index contributed by atoms with van der Waals surface area (Å²) < 4.78 is 78.9. The number of carbonyl (C=O) groups is 2. The number of nitrogens with one attached hydrogen (secondary N) is 3. The van der Waals surface area contributed by atoms with E-state index in [4.69, 9.17) is 14.6 Å². The maximum absolute atomic E-state index is 14.1. The molecule has 1 aliphatic heterocycles. The van der Waals surface area contributed by atoms with Gasteiger partial charge in [0.1, 0.15) is 10.7 Å². The second kappa shape index (κ2) is 13.2. The van der Waals surface area contributed by atoms with Crippen LogP contribution in [-0.2, 0) is 19.6 Å². The summed E-state index contributed by atoms with van der Waals surface area (Å²) in [6.07, 6.45) is -5.08. The van der Waals surface area contributed by atoms with Crippen molar-refractivity contribution in [3.05, 3.63) is 53.8 Å². The Balaban J connectivity index is 0.000000604. The minimum Gasteiger partial charge on any atom is -0.475 e. The zero-order valence-electron chi connectivity index (χ0n) is 19.6. The van der Waals surface area contributed by atoms with Crippen LogP contribution in [0, 0.1) is 5.82 Å². The fourth-order valence-corrected chi connectivity index (χ4v) is 4.32. The highest BCUT2D eigenvalue weighted by atomic mass is 32.2. The smallest absolute Gasteiger partial charge is 0.475 e. The van der Waals surface area contributed by atoms with E-state index < -0.39 is 32.9 Å². The molecule has 1 saturated heterocycles. The summed E-state index contributed by atoms with van der Waals surface area (Å²) >= 11 is 0. The number of aliphatic carboxylic acids is 1. The third-order valence-corrected chi connectivity index (χ3v) is 6.32. The summed E-state index contributed by atoms with van der Waals surface area (Å²) in [5, 5.41) is 13.1. The number of sulfonamides is 1. The standard InChI is InChI=1S/C20H25FN4O4S.C2HF3O2/c1-29-13-10-23-20(26)15-6-7-18(25-11-8-22-9-12-25)17(14-15)24-30(27,28)19-5-3-2-4-16(19)21;3-2(4,5)1(6)7/h2-7,14,22,24H,8-13H2,1H3,(H,23,26);(H,6,7). The molecule has 0 spiro atoms. The summed E-state index contributed by atoms with van der Waals surface area (Å²) in [5.74, 6) is -3.96. The molecule has 4 N–H and O–H groups in total. The zero-order valence-corrected chi connectivity index (χ0v) is 20.5. The van der Waals surface area contributed by atoms with Crippen LogP contribution in [-0.4, -0.2) is 78.0 Å². The molecule has 2 aromatic carbocycles. The van der Waals surface area contributed by atoms with Gasteiger partial charge in [-0.1, -0.05) is 12.1 Å². The summed E-state index contributed by atoms with van der Waals surface area (Å²) in [4.78, 5) is 22.9. The van der Waals surface area contributed by atoms with Crippen molar-refractivity contribution in [3.63, 3.8) is 0 Å². The first-order valence-corrected chi connectivity index (χ1v) is 12.3. The number of amides is 1. The van der Waals surface area contributed by atoms with Gasteiger partial charge in [0.25, 0.3) is 15.9 Å². The van der Waals surface area contributed by atoms with E-state index >= 15 is 0 Å². The van der Waals surface area contributed by atoms with Gasteiger partial charge in [0.2, 0.25) is 0 Å². The molecule has 1 aliphatic rings. The number of hydrogen-bond acceptors (Lipinski definition) is 7. The number of alkyl halides is 3. The molecule has 0 atom stereocenters. The van der Waals surface area contributed by atoms with Crippen molar-refractivity contribution in [2.75, 3.05) is 56.1 Å². The normalized spacial score (nSPS) is 13.8. The molecule has 0 bridgehead atoms. The molecule has 204 valence electrons. The zero-order chi connectivity index (χ0) is 27.6. The van der Waals surface area contributed by atoms with E-state index in [0.29, 0.717) is 31.9 Å². The Morgan fingerprint density at radius 1 is 1.14 bits per heavy atom. The van der Waals surface area contributed by atoms with Crippen molar-refractivity contribution in [2.45, 2.75) is 11.1 Å². The van der Waals surface area contributed by atoms with Crippen molar-refractivity contribution in [1.29, 1.82) is 0 Å². The van der Waals surface area contributed by atoms with Crippen LogP contribution in [0.4, 0.5) is 28.9 Å². The maximum atomic E-state index is 14.1. The topological polar surface area (TPSA) is 137 Å². The quantitative estimate of drug-likeness (QED) is 0.290. The fraction of sp³-hybridized carbons (Fsp3) is 0.364. The fourth-order valence-electron chi connectivity index (χ4n) is 3.17. The molecule has 2 aromatic rings. The number of benzene rings is 2. The summed E-state index contributed by atoms with van der Waals surface area (Å²) in [6, 6.07) is 9.98. The lowest BCUT2D eigenvalue weighted by molar-refractivity contribution is -0.192. The van der Waals surface area contributed by atoms with Gasteiger partial charge in [-0.2, -0.15) is 13.2 Å². The van der Waals surface area contributed by atoms with Crippen LogP contribution in [0.25, 0.3) is 0 Å². The summed E-state index contributed by atoms with van der Waals surface area (Å²) in [5.41, 5.74) is 1.14. The van der Waals surface area contributed by atoms with E-state index in [9.17, 15) is 30.8 Å². The van der Waals surface area contributed by atoms with Gasteiger partial charge in [-0.05, 0) is 30.3 Å². The number of piperazine rings is 1. The predicted octanol–water partition coefficient (Wildman–Crippen LogP) is 2.05. The second-order valence-corrected chi connectivity index (χ2v) is 9.21. The van der Waals surface area contributed by atoms with E-state index in [2.05, 4.69) is 15.4 Å². The highest BCUT2D eigenvalue weighted by Gasteiger charge is 2.38. The van der Waals surface area contributed by atoms with Crippen LogP contribution in [0.5, 0.6) is 0 Å². The highest BCUT2D eigenvalue weighted by molar-refractivity contribution is 7.92. The number of rotatable bonds is 8. The van der Waals surface area contributed by atoms with Crippen LogP contribution in [0.2, 0.25) is 0 Å². The highest BCUT2D eigenvalue weighted by Crippen LogP contribution is 2.30. The number of methoxy groups -OCH3 is 1. The minimum absolute atomic E-state index is 0.222. The van der Waals surface area contributed by atoms with Gasteiger partial charge in [0.15, 0.2) is 0 Å². The van der Waals surface area contributed by atoms with Crippen LogP contribution >= 0.6 is 0 Å². The molecule has 1 amide bonds. The predicted molar refractivity (Wildman–Crippen MR) is 127 cm³/mol. The maximum Gasteiger partial charge on any atom is 0.490 e. The Morgan fingerprint density at radius 2 is 1.76 bits per heavy atom. The largest absolute Gasteiger partial charge is 0.490 e. The average molecular weight is 551 g/mol. The Bertz CT molecular complexity index is 1190. The number of nitrogens with zero attached hydrogens (tertiary/aromatic N) is 1. The number of halogens is 4. The SMILES string of the molecule is COCCNC(=O)c1ccc(N2CCNCC2)c(NS(=O)(=O)c2ccccc2F)c1.O=C(O)C(F)(F)F. The molecule has 0 radical (unpaired) electrons. The third-order valence-electron chi connectivity index (χ3n) is 4.92. The number of carboxylic acids is 1. The van der Waals surface area contributed by atoms with E-state index in [1.54, 1.807) is 12.1 Å². The number of ether oxygens (including phenoxy) is 1. The molecule has 1 fully saturated rings. The number of anilines is 2. The Kier molecular flexibility index (Phi) is 10.6. The molecular formula is C22H26F4N4O6S. The van der Waals surface area contributed by atoms with Crippen molar-refractivity contribution in [2.24, 2.45) is 0 Å². The van der Waals surface area contributed by atoms with Gasteiger partial charge in [0, 0.05) is 45.4 Å². The Hall–Kier alpha value is -3.43.